The number of carbonyl (C=O) groups is 1. The lowest BCUT2D eigenvalue weighted by Gasteiger charge is -2.36. The number of hydrogen-bond acceptors (Lipinski definition) is 6. The second-order valence-corrected chi connectivity index (χ2v) is 7.88. The molecule has 0 saturated carbocycles. The van der Waals surface area contributed by atoms with E-state index in [-0.39, 0.29) is 17.5 Å². The molecule has 0 unspecified atom stereocenters. The van der Waals surface area contributed by atoms with Gasteiger partial charge in [0.2, 0.25) is 5.91 Å². The van der Waals surface area contributed by atoms with Gasteiger partial charge in [-0.25, -0.2) is 4.39 Å². The maximum absolute atomic E-state index is 13.2. The van der Waals surface area contributed by atoms with Gasteiger partial charge in [0.25, 0.3) is 0 Å². The van der Waals surface area contributed by atoms with Gasteiger partial charge in [0.1, 0.15) is 10.8 Å². The van der Waals surface area contributed by atoms with Gasteiger partial charge in [-0.1, -0.05) is 36.0 Å². The average molecular weight is 424 g/mol. The summed E-state index contributed by atoms with van der Waals surface area (Å²) in [6.07, 6.45) is 0. The van der Waals surface area contributed by atoms with Crippen LogP contribution in [0.2, 0.25) is 0 Å². The SMILES string of the molecule is O=C(CSc1ccc(N2CCN(c3ccccc3)CC2)nn1)Nc1cccc(F)c1. The molecule has 0 bridgehead atoms. The number of hydrogen-bond donors (Lipinski definition) is 1. The monoisotopic (exact) mass is 423 g/mol. The largest absolute Gasteiger partial charge is 0.368 e. The average Bonchev–Trinajstić information content (AvgIpc) is 2.79. The van der Waals surface area contributed by atoms with Gasteiger partial charge in [0.15, 0.2) is 5.82 Å². The van der Waals surface area contributed by atoms with E-state index < -0.39 is 0 Å². The molecule has 2 aromatic carbocycles. The summed E-state index contributed by atoms with van der Waals surface area (Å²) in [6, 6.07) is 20.1. The summed E-state index contributed by atoms with van der Waals surface area (Å²) in [4.78, 5) is 16.6. The van der Waals surface area contributed by atoms with Crippen LogP contribution in [0, 0.1) is 5.82 Å². The van der Waals surface area contributed by atoms with Crippen molar-refractivity contribution in [3.05, 3.63) is 72.5 Å². The Morgan fingerprint density at radius 3 is 2.40 bits per heavy atom. The summed E-state index contributed by atoms with van der Waals surface area (Å²) in [5.74, 6) is 0.427. The van der Waals surface area contributed by atoms with E-state index in [4.69, 9.17) is 0 Å². The number of halogens is 1. The Morgan fingerprint density at radius 1 is 0.933 bits per heavy atom. The maximum Gasteiger partial charge on any atom is 0.234 e. The highest BCUT2D eigenvalue weighted by molar-refractivity contribution is 7.99. The summed E-state index contributed by atoms with van der Waals surface area (Å²) in [7, 11) is 0. The summed E-state index contributed by atoms with van der Waals surface area (Å²) in [5, 5.41) is 11.9. The van der Waals surface area contributed by atoms with Crippen LogP contribution in [-0.4, -0.2) is 48.0 Å². The van der Waals surface area contributed by atoms with E-state index in [0.29, 0.717) is 10.7 Å². The van der Waals surface area contributed by atoms with Crippen LogP contribution in [-0.2, 0) is 4.79 Å². The smallest absolute Gasteiger partial charge is 0.234 e. The number of thioether (sulfide) groups is 1. The van der Waals surface area contributed by atoms with Crippen LogP contribution in [0.3, 0.4) is 0 Å². The number of aromatic nitrogens is 2. The summed E-state index contributed by atoms with van der Waals surface area (Å²) in [5.41, 5.74) is 1.68. The lowest BCUT2D eigenvalue weighted by atomic mass is 10.2. The Morgan fingerprint density at radius 2 is 1.70 bits per heavy atom. The van der Waals surface area contributed by atoms with E-state index in [2.05, 4.69) is 49.6 Å². The van der Waals surface area contributed by atoms with Gasteiger partial charge in [-0.15, -0.1) is 10.2 Å². The molecule has 0 spiro atoms. The molecule has 1 N–H and O–H groups in total. The predicted molar refractivity (Wildman–Crippen MR) is 119 cm³/mol. The van der Waals surface area contributed by atoms with Crippen molar-refractivity contribution < 1.29 is 9.18 Å². The summed E-state index contributed by atoms with van der Waals surface area (Å²) >= 11 is 1.30. The summed E-state index contributed by atoms with van der Waals surface area (Å²) < 4.78 is 13.2. The lowest BCUT2D eigenvalue weighted by molar-refractivity contribution is -0.113. The highest BCUT2D eigenvalue weighted by Crippen LogP contribution is 2.21. The minimum atomic E-state index is -0.383. The van der Waals surface area contributed by atoms with Crippen molar-refractivity contribution in [1.29, 1.82) is 0 Å². The Hall–Kier alpha value is -3.13. The van der Waals surface area contributed by atoms with Crippen LogP contribution < -0.4 is 15.1 Å². The molecule has 8 heteroatoms. The molecule has 154 valence electrons. The van der Waals surface area contributed by atoms with Crippen molar-refractivity contribution >= 4 is 34.9 Å². The van der Waals surface area contributed by atoms with Crippen LogP contribution >= 0.6 is 11.8 Å². The fourth-order valence-corrected chi connectivity index (χ4v) is 3.91. The van der Waals surface area contributed by atoms with Gasteiger partial charge >= 0.3 is 0 Å². The molecule has 0 atom stereocenters. The van der Waals surface area contributed by atoms with E-state index in [0.717, 1.165) is 32.0 Å². The van der Waals surface area contributed by atoms with Crippen molar-refractivity contribution in [2.24, 2.45) is 0 Å². The van der Waals surface area contributed by atoms with Crippen molar-refractivity contribution in [3.8, 4) is 0 Å². The standard InChI is InChI=1S/C22H22FN5OS/c23-17-5-4-6-18(15-17)24-21(29)16-30-22-10-9-20(25-26-22)28-13-11-27(12-14-28)19-7-2-1-3-8-19/h1-10,15H,11-14,16H2,(H,24,29). The molecule has 1 aliphatic rings. The fraction of sp³-hybridized carbons (Fsp3) is 0.227. The van der Waals surface area contributed by atoms with Crippen LogP contribution in [0.5, 0.6) is 0 Å². The van der Waals surface area contributed by atoms with Crippen LogP contribution in [0.15, 0.2) is 71.8 Å². The van der Waals surface area contributed by atoms with E-state index >= 15 is 0 Å². The maximum atomic E-state index is 13.2. The quantitative estimate of drug-likeness (QED) is 0.611. The second-order valence-electron chi connectivity index (χ2n) is 6.89. The summed E-state index contributed by atoms with van der Waals surface area (Å²) in [6.45, 7) is 3.63. The number of piperazine rings is 1. The Labute approximate surface area is 179 Å². The number of nitrogens with zero attached hydrogens (tertiary/aromatic N) is 4. The van der Waals surface area contributed by atoms with Crippen LogP contribution in [0.25, 0.3) is 0 Å². The Balaban J connectivity index is 1.26. The van der Waals surface area contributed by atoms with E-state index in [1.807, 2.05) is 18.2 Å². The van der Waals surface area contributed by atoms with Gasteiger partial charge in [-0.05, 0) is 42.5 Å². The number of para-hydroxylation sites is 1. The number of nitrogens with one attached hydrogen (secondary N) is 1. The van der Waals surface area contributed by atoms with Crippen molar-refractivity contribution in [2.45, 2.75) is 5.03 Å². The lowest BCUT2D eigenvalue weighted by Crippen LogP contribution is -2.46. The molecule has 6 nitrogen and oxygen atoms in total. The topological polar surface area (TPSA) is 61.4 Å². The molecule has 3 aromatic rings. The highest BCUT2D eigenvalue weighted by Gasteiger charge is 2.18. The number of anilines is 3. The first-order valence-electron chi connectivity index (χ1n) is 9.74. The third kappa shape index (κ3) is 5.27. The molecule has 30 heavy (non-hydrogen) atoms. The Bertz CT molecular complexity index is 978. The van der Waals surface area contributed by atoms with Gasteiger partial charge < -0.3 is 15.1 Å². The molecule has 1 aliphatic heterocycles. The third-order valence-corrected chi connectivity index (χ3v) is 5.73. The van der Waals surface area contributed by atoms with Crippen LogP contribution in [0.1, 0.15) is 0 Å². The molecule has 1 fully saturated rings. The number of benzene rings is 2. The molecular formula is C22H22FN5OS. The second kappa shape index (κ2) is 9.58. The predicted octanol–water partition coefficient (Wildman–Crippen LogP) is 3.67. The van der Waals surface area contributed by atoms with E-state index in [9.17, 15) is 9.18 Å². The molecular weight excluding hydrogens is 401 g/mol. The third-order valence-electron chi connectivity index (χ3n) is 4.81. The zero-order valence-electron chi connectivity index (χ0n) is 16.4. The number of amides is 1. The van der Waals surface area contributed by atoms with Crippen molar-refractivity contribution in [2.75, 3.05) is 47.0 Å². The molecule has 2 heterocycles. The molecule has 4 rings (SSSR count). The molecule has 0 aliphatic carbocycles. The molecule has 1 saturated heterocycles. The van der Waals surface area contributed by atoms with E-state index in [1.165, 1.54) is 29.6 Å². The van der Waals surface area contributed by atoms with Gasteiger partial charge in [0, 0.05) is 37.6 Å². The van der Waals surface area contributed by atoms with Crippen LogP contribution in [0.4, 0.5) is 21.6 Å². The molecule has 1 amide bonds. The number of rotatable bonds is 6. The van der Waals surface area contributed by atoms with Crippen molar-refractivity contribution in [1.82, 2.24) is 10.2 Å². The van der Waals surface area contributed by atoms with E-state index in [1.54, 1.807) is 12.1 Å². The van der Waals surface area contributed by atoms with Gasteiger partial charge in [-0.3, -0.25) is 4.79 Å². The first-order valence-corrected chi connectivity index (χ1v) is 10.7. The minimum absolute atomic E-state index is 0.181. The first-order chi connectivity index (χ1) is 14.7. The number of carbonyl (C=O) groups excluding carboxylic acids is 1. The highest BCUT2D eigenvalue weighted by atomic mass is 32.2. The zero-order chi connectivity index (χ0) is 20.8. The normalized spacial score (nSPS) is 13.9. The van der Waals surface area contributed by atoms with Crippen molar-refractivity contribution in [3.63, 3.8) is 0 Å². The van der Waals surface area contributed by atoms with Gasteiger partial charge in [0.05, 0.1) is 5.75 Å². The molecule has 0 radical (unpaired) electrons. The first kappa shape index (κ1) is 20.2. The minimum Gasteiger partial charge on any atom is -0.368 e. The molecule has 1 aromatic heterocycles. The Kier molecular flexibility index (Phi) is 6.44. The zero-order valence-corrected chi connectivity index (χ0v) is 17.2. The fourth-order valence-electron chi connectivity index (χ4n) is 3.29. The van der Waals surface area contributed by atoms with Gasteiger partial charge in [-0.2, -0.15) is 0 Å².